The first-order chi connectivity index (χ1) is 13.3. The Morgan fingerprint density at radius 2 is 2.15 bits per heavy atom. The molecule has 0 aromatic carbocycles. The van der Waals surface area contributed by atoms with Gasteiger partial charge in [-0.3, -0.25) is 19.7 Å². The van der Waals surface area contributed by atoms with E-state index >= 15 is 0 Å². The van der Waals surface area contributed by atoms with Gasteiger partial charge in [-0.25, -0.2) is 4.98 Å². The first kappa shape index (κ1) is 17.8. The molecular weight excluding hydrogens is 362 g/mol. The molecule has 0 spiro atoms. The minimum absolute atomic E-state index is 0.188. The van der Waals surface area contributed by atoms with Gasteiger partial charge in [0.05, 0.1) is 18.4 Å². The normalized spacial score (nSPS) is 14.5. The lowest BCUT2D eigenvalue weighted by Crippen LogP contribution is -2.25. The molecule has 0 atom stereocenters. The van der Waals surface area contributed by atoms with E-state index in [4.69, 9.17) is 4.42 Å². The molecule has 1 aliphatic heterocycles. The van der Waals surface area contributed by atoms with E-state index < -0.39 is 0 Å². The van der Waals surface area contributed by atoms with Crippen molar-refractivity contribution in [3.8, 4) is 10.7 Å². The molecule has 8 heteroatoms. The summed E-state index contributed by atoms with van der Waals surface area (Å²) in [5.74, 6) is 1.02. The van der Waals surface area contributed by atoms with Crippen molar-refractivity contribution in [2.75, 3.05) is 19.6 Å². The van der Waals surface area contributed by atoms with Gasteiger partial charge in [0.1, 0.15) is 16.5 Å². The number of likely N-dealkylation sites (tertiary alicyclic amines) is 1. The molecule has 140 valence electrons. The molecule has 3 aromatic rings. The summed E-state index contributed by atoms with van der Waals surface area (Å²) in [5.41, 5.74) is 1.69. The van der Waals surface area contributed by atoms with E-state index in [1.165, 1.54) is 24.2 Å². The van der Waals surface area contributed by atoms with Gasteiger partial charge >= 0.3 is 0 Å². The number of rotatable bonds is 7. The van der Waals surface area contributed by atoms with E-state index in [-0.39, 0.29) is 5.91 Å². The molecule has 1 aliphatic rings. The third kappa shape index (κ3) is 4.58. The second-order valence-electron chi connectivity index (χ2n) is 6.49. The fourth-order valence-corrected chi connectivity index (χ4v) is 3.90. The van der Waals surface area contributed by atoms with Gasteiger partial charge in [-0.2, -0.15) is 0 Å². The molecular formula is C19H21N5O2S. The Bertz CT molecular complexity index is 886. The molecule has 0 saturated carbocycles. The number of nitrogens with zero attached hydrogens (tertiary/aromatic N) is 4. The summed E-state index contributed by atoms with van der Waals surface area (Å²) in [6.07, 6.45) is 8.12. The molecule has 1 amide bonds. The summed E-state index contributed by atoms with van der Waals surface area (Å²) >= 11 is 1.53. The van der Waals surface area contributed by atoms with Crippen LogP contribution in [0.3, 0.4) is 0 Å². The number of hydrogen-bond donors (Lipinski definition) is 1. The minimum Gasteiger partial charge on any atom is -0.455 e. The van der Waals surface area contributed by atoms with E-state index in [1.54, 1.807) is 24.7 Å². The Kier molecular flexibility index (Phi) is 5.55. The fraction of sp³-hybridized carbons (Fsp3) is 0.368. The quantitative estimate of drug-likeness (QED) is 0.675. The zero-order valence-corrected chi connectivity index (χ0v) is 15.7. The molecule has 27 heavy (non-hydrogen) atoms. The van der Waals surface area contributed by atoms with Crippen LogP contribution < -0.4 is 5.32 Å². The van der Waals surface area contributed by atoms with Crippen molar-refractivity contribution in [3.63, 3.8) is 0 Å². The lowest BCUT2D eigenvalue weighted by atomic mass is 10.3. The molecule has 0 bridgehead atoms. The highest BCUT2D eigenvalue weighted by Gasteiger charge is 2.16. The maximum Gasteiger partial charge on any atom is 0.287 e. The second-order valence-corrected chi connectivity index (χ2v) is 7.35. The molecule has 0 unspecified atom stereocenters. The number of carbonyl (C=O) groups excluding carboxylic acids is 1. The predicted molar refractivity (Wildman–Crippen MR) is 102 cm³/mol. The van der Waals surface area contributed by atoms with Crippen LogP contribution in [0, 0.1) is 0 Å². The standard InChI is InChI=1S/C19H21N5O2S/c25-18(17-4-3-15(26-17)12-24-9-1-2-10-24)22-6-5-14-13-27-19(23-14)16-11-20-7-8-21-16/h3-4,7-8,11,13H,1-2,5-6,9-10,12H2,(H,22,25). The van der Waals surface area contributed by atoms with E-state index in [2.05, 4.69) is 25.2 Å². The molecule has 4 heterocycles. The van der Waals surface area contributed by atoms with Gasteiger partial charge in [0.15, 0.2) is 5.76 Å². The smallest absolute Gasteiger partial charge is 0.287 e. The summed E-state index contributed by atoms with van der Waals surface area (Å²) < 4.78 is 5.69. The van der Waals surface area contributed by atoms with Crippen molar-refractivity contribution in [2.24, 2.45) is 0 Å². The molecule has 0 radical (unpaired) electrons. The first-order valence-electron chi connectivity index (χ1n) is 9.08. The molecule has 3 aromatic heterocycles. The molecule has 1 N–H and O–H groups in total. The zero-order chi connectivity index (χ0) is 18.5. The van der Waals surface area contributed by atoms with Crippen LogP contribution in [0.1, 0.15) is 34.9 Å². The van der Waals surface area contributed by atoms with Crippen molar-refractivity contribution in [3.05, 3.63) is 53.3 Å². The topological polar surface area (TPSA) is 84.2 Å². The van der Waals surface area contributed by atoms with Crippen molar-refractivity contribution < 1.29 is 9.21 Å². The van der Waals surface area contributed by atoms with Crippen LogP contribution in [-0.4, -0.2) is 45.4 Å². The van der Waals surface area contributed by atoms with Crippen LogP contribution in [0.2, 0.25) is 0 Å². The van der Waals surface area contributed by atoms with Crippen LogP contribution in [-0.2, 0) is 13.0 Å². The lowest BCUT2D eigenvalue weighted by molar-refractivity contribution is 0.0923. The highest BCUT2D eigenvalue weighted by Crippen LogP contribution is 2.21. The number of carbonyl (C=O) groups is 1. The highest BCUT2D eigenvalue weighted by molar-refractivity contribution is 7.13. The van der Waals surface area contributed by atoms with Crippen LogP contribution in [0.4, 0.5) is 0 Å². The minimum atomic E-state index is -0.188. The maximum atomic E-state index is 12.3. The van der Waals surface area contributed by atoms with Crippen LogP contribution in [0.5, 0.6) is 0 Å². The van der Waals surface area contributed by atoms with E-state index in [1.807, 2.05) is 11.4 Å². The number of thiazole rings is 1. The SMILES string of the molecule is O=C(NCCc1csc(-c2cnccn2)n1)c1ccc(CN2CCCC2)o1. The Hall–Kier alpha value is -2.58. The summed E-state index contributed by atoms with van der Waals surface area (Å²) in [7, 11) is 0. The van der Waals surface area contributed by atoms with Crippen LogP contribution >= 0.6 is 11.3 Å². The number of amides is 1. The summed E-state index contributed by atoms with van der Waals surface area (Å²) in [4.78, 5) is 27.5. The lowest BCUT2D eigenvalue weighted by Gasteiger charge is -2.11. The van der Waals surface area contributed by atoms with Crippen molar-refractivity contribution in [1.82, 2.24) is 25.2 Å². The maximum absolute atomic E-state index is 12.3. The van der Waals surface area contributed by atoms with Crippen LogP contribution in [0.15, 0.2) is 40.5 Å². The average Bonchev–Trinajstić information content (AvgIpc) is 3.45. The van der Waals surface area contributed by atoms with Crippen molar-refractivity contribution in [1.29, 1.82) is 0 Å². The van der Waals surface area contributed by atoms with Gasteiger partial charge in [0.25, 0.3) is 5.91 Å². The van der Waals surface area contributed by atoms with Gasteiger partial charge in [-0.15, -0.1) is 11.3 Å². The summed E-state index contributed by atoms with van der Waals surface area (Å²) in [6, 6.07) is 3.64. The fourth-order valence-electron chi connectivity index (χ4n) is 3.09. The van der Waals surface area contributed by atoms with E-state index in [0.717, 1.165) is 41.8 Å². The van der Waals surface area contributed by atoms with E-state index in [9.17, 15) is 4.79 Å². The third-order valence-corrected chi connectivity index (χ3v) is 5.38. The Morgan fingerprint density at radius 1 is 1.26 bits per heavy atom. The van der Waals surface area contributed by atoms with Gasteiger partial charge in [0.2, 0.25) is 0 Å². The second kappa shape index (κ2) is 8.41. The summed E-state index contributed by atoms with van der Waals surface area (Å²) in [5, 5.41) is 5.71. The Morgan fingerprint density at radius 3 is 2.96 bits per heavy atom. The third-order valence-electron chi connectivity index (χ3n) is 4.46. The first-order valence-corrected chi connectivity index (χ1v) is 9.96. The number of hydrogen-bond acceptors (Lipinski definition) is 7. The van der Waals surface area contributed by atoms with Crippen molar-refractivity contribution in [2.45, 2.75) is 25.8 Å². The monoisotopic (exact) mass is 383 g/mol. The Labute approximate surface area is 161 Å². The molecule has 0 aliphatic carbocycles. The van der Waals surface area contributed by atoms with Crippen molar-refractivity contribution >= 4 is 17.2 Å². The largest absolute Gasteiger partial charge is 0.455 e. The number of nitrogens with one attached hydrogen (secondary N) is 1. The average molecular weight is 383 g/mol. The molecule has 7 nitrogen and oxygen atoms in total. The van der Waals surface area contributed by atoms with Gasteiger partial charge in [-0.1, -0.05) is 0 Å². The highest BCUT2D eigenvalue weighted by atomic mass is 32.1. The predicted octanol–water partition coefficient (Wildman–Crippen LogP) is 2.76. The van der Waals surface area contributed by atoms with Gasteiger partial charge in [0, 0.05) is 30.7 Å². The molecule has 4 rings (SSSR count). The van der Waals surface area contributed by atoms with Gasteiger partial charge in [-0.05, 0) is 38.1 Å². The number of aromatic nitrogens is 3. The van der Waals surface area contributed by atoms with Crippen LogP contribution in [0.25, 0.3) is 10.7 Å². The summed E-state index contributed by atoms with van der Waals surface area (Å²) in [6.45, 7) is 3.49. The van der Waals surface area contributed by atoms with Gasteiger partial charge < -0.3 is 9.73 Å². The Balaban J connectivity index is 1.26. The number of furan rings is 1. The van der Waals surface area contributed by atoms with E-state index in [0.29, 0.717) is 18.7 Å². The molecule has 1 fully saturated rings. The molecule has 1 saturated heterocycles. The zero-order valence-electron chi connectivity index (χ0n) is 14.9.